The second kappa shape index (κ2) is 6.21. The van der Waals surface area contributed by atoms with Crippen LogP contribution in [0.2, 0.25) is 5.02 Å². The summed E-state index contributed by atoms with van der Waals surface area (Å²) < 4.78 is 0. The third-order valence-electron chi connectivity index (χ3n) is 3.09. The van der Waals surface area contributed by atoms with E-state index in [2.05, 4.69) is 15.5 Å². The van der Waals surface area contributed by atoms with Gasteiger partial charge in [0.2, 0.25) is 5.71 Å². The number of aromatic nitrogens is 1. The van der Waals surface area contributed by atoms with Crippen LogP contribution in [0.25, 0.3) is 10.9 Å². The van der Waals surface area contributed by atoms with E-state index in [1.54, 1.807) is 24.3 Å². The lowest BCUT2D eigenvalue weighted by Crippen LogP contribution is -1.98. The minimum Gasteiger partial charge on any atom is -0.276 e. The highest BCUT2D eigenvalue weighted by atomic mass is 35.5. The van der Waals surface area contributed by atoms with Crippen LogP contribution in [0.3, 0.4) is 0 Å². The summed E-state index contributed by atoms with van der Waals surface area (Å²) in [6, 6.07) is 8.77. The summed E-state index contributed by atoms with van der Waals surface area (Å²) in [6.45, 7) is 3.97. The van der Waals surface area contributed by atoms with Crippen LogP contribution in [-0.2, 0) is 6.42 Å². The highest BCUT2D eigenvalue weighted by Crippen LogP contribution is 2.30. The third kappa shape index (κ3) is 2.94. The topological polar surface area (TPSA) is 84.9 Å². The standard InChI is InChI=1S/C15H12ClN5/c1-3-12-9(2)19-14-5-4-10(6-13(14)15(12)16)20-21-11(7-17)8-18/h4-6,20H,3H2,1-2H3. The SMILES string of the molecule is CCc1c(C)nc2ccc(NN=C(C#N)C#N)cc2c1Cl. The van der Waals surface area contributed by atoms with Gasteiger partial charge in [0.25, 0.3) is 0 Å². The molecular formula is C15H12ClN5. The van der Waals surface area contributed by atoms with Gasteiger partial charge in [-0.1, -0.05) is 18.5 Å². The molecule has 0 fully saturated rings. The Bertz CT molecular complexity index is 795. The Labute approximate surface area is 127 Å². The third-order valence-corrected chi connectivity index (χ3v) is 3.52. The molecular weight excluding hydrogens is 286 g/mol. The van der Waals surface area contributed by atoms with Crippen LogP contribution in [0.5, 0.6) is 0 Å². The number of hydrazone groups is 1. The van der Waals surface area contributed by atoms with Crippen molar-refractivity contribution in [2.24, 2.45) is 5.10 Å². The zero-order valence-electron chi connectivity index (χ0n) is 11.6. The van der Waals surface area contributed by atoms with Crippen molar-refractivity contribution in [2.45, 2.75) is 20.3 Å². The predicted molar refractivity (Wildman–Crippen MR) is 83.2 cm³/mol. The smallest absolute Gasteiger partial charge is 0.237 e. The van der Waals surface area contributed by atoms with Crippen molar-refractivity contribution in [3.8, 4) is 12.1 Å². The Morgan fingerprint density at radius 3 is 2.71 bits per heavy atom. The summed E-state index contributed by atoms with van der Waals surface area (Å²) in [4.78, 5) is 4.52. The van der Waals surface area contributed by atoms with E-state index in [1.165, 1.54) is 0 Å². The minimum absolute atomic E-state index is 0.238. The van der Waals surface area contributed by atoms with E-state index in [0.717, 1.165) is 28.6 Å². The van der Waals surface area contributed by atoms with Crippen LogP contribution >= 0.6 is 11.6 Å². The van der Waals surface area contributed by atoms with Crippen LogP contribution in [0, 0.1) is 29.6 Å². The lowest BCUT2D eigenvalue weighted by Gasteiger charge is -2.10. The summed E-state index contributed by atoms with van der Waals surface area (Å²) >= 11 is 6.43. The first-order valence-corrected chi connectivity index (χ1v) is 6.71. The molecule has 1 aromatic heterocycles. The first-order valence-electron chi connectivity index (χ1n) is 6.33. The van der Waals surface area contributed by atoms with E-state index >= 15 is 0 Å². The number of nitrogens with one attached hydrogen (secondary N) is 1. The Kier molecular flexibility index (Phi) is 4.37. The molecule has 0 atom stereocenters. The van der Waals surface area contributed by atoms with E-state index in [4.69, 9.17) is 22.1 Å². The van der Waals surface area contributed by atoms with Crippen molar-refractivity contribution in [3.05, 3.63) is 34.5 Å². The fourth-order valence-corrected chi connectivity index (χ4v) is 2.48. The Balaban J connectivity index is 2.50. The molecule has 1 N–H and O–H groups in total. The number of anilines is 1. The first kappa shape index (κ1) is 14.8. The van der Waals surface area contributed by atoms with Gasteiger partial charge in [0, 0.05) is 11.1 Å². The van der Waals surface area contributed by atoms with Crippen LogP contribution in [0.15, 0.2) is 23.3 Å². The molecule has 0 bridgehead atoms. The summed E-state index contributed by atoms with van der Waals surface area (Å²) in [5.74, 6) is 0. The number of benzene rings is 1. The first-order chi connectivity index (χ1) is 10.1. The fraction of sp³-hybridized carbons (Fsp3) is 0.200. The van der Waals surface area contributed by atoms with Gasteiger partial charge >= 0.3 is 0 Å². The molecule has 0 saturated carbocycles. The molecule has 21 heavy (non-hydrogen) atoms. The van der Waals surface area contributed by atoms with Crippen molar-refractivity contribution in [1.29, 1.82) is 10.5 Å². The normalized spacial score (nSPS) is 9.76. The van der Waals surface area contributed by atoms with Crippen molar-refractivity contribution < 1.29 is 0 Å². The van der Waals surface area contributed by atoms with Crippen molar-refractivity contribution >= 4 is 33.9 Å². The molecule has 6 heteroatoms. The molecule has 0 aliphatic carbocycles. The highest BCUT2D eigenvalue weighted by Gasteiger charge is 2.10. The molecule has 0 unspecified atom stereocenters. The number of halogens is 1. The van der Waals surface area contributed by atoms with Gasteiger partial charge in [0.05, 0.1) is 16.2 Å². The van der Waals surface area contributed by atoms with Crippen LogP contribution in [0.1, 0.15) is 18.2 Å². The summed E-state index contributed by atoms with van der Waals surface area (Å²) in [6.07, 6.45) is 0.802. The molecule has 5 nitrogen and oxygen atoms in total. The van der Waals surface area contributed by atoms with E-state index in [9.17, 15) is 0 Å². The zero-order chi connectivity index (χ0) is 15.4. The lowest BCUT2D eigenvalue weighted by atomic mass is 10.1. The number of aryl methyl sites for hydroxylation is 1. The van der Waals surface area contributed by atoms with Gasteiger partial charge in [-0.25, -0.2) is 0 Å². The van der Waals surface area contributed by atoms with Gasteiger partial charge in [-0.15, -0.1) is 0 Å². The molecule has 0 radical (unpaired) electrons. The van der Waals surface area contributed by atoms with Crippen LogP contribution < -0.4 is 5.43 Å². The average molecular weight is 298 g/mol. The van der Waals surface area contributed by atoms with Gasteiger partial charge in [0.15, 0.2) is 0 Å². The van der Waals surface area contributed by atoms with E-state index < -0.39 is 0 Å². The van der Waals surface area contributed by atoms with Gasteiger partial charge in [-0.2, -0.15) is 15.6 Å². The summed E-state index contributed by atoms with van der Waals surface area (Å²) in [5, 5.41) is 22.5. The number of pyridine rings is 1. The summed E-state index contributed by atoms with van der Waals surface area (Å²) in [7, 11) is 0. The maximum atomic E-state index is 8.64. The quantitative estimate of drug-likeness (QED) is 0.693. The molecule has 2 rings (SSSR count). The van der Waals surface area contributed by atoms with E-state index in [1.807, 2.05) is 19.9 Å². The molecule has 0 spiro atoms. The number of nitrogens with zero attached hydrogens (tertiary/aromatic N) is 4. The molecule has 1 heterocycles. The monoisotopic (exact) mass is 297 g/mol. The number of hydrogen-bond donors (Lipinski definition) is 1. The second-order valence-electron chi connectivity index (χ2n) is 4.37. The number of rotatable bonds is 3. The number of hydrogen-bond acceptors (Lipinski definition) is 5. The van der Waals surface area contributed by atoms with E-state index in [-0.39, 0.29) is 5.71 Å². The Morgan fingerprint density at radius 1 is 1.38 bits per heavy atom. The molecule has 0 amide bonds. The molecule has 1 aromatic carbocycles. The van der Waals surface area contributed by atoms with Crippen molar-refractivity contribution in [1.82, 2.24) is 4.98 Å². The zero-order valence-corrected chi connectivity index (χ0v) is 12.4. The predicted octanol–water partition coefficient (Wildman–Crippen LogP) is 3.57. The molecule has 104 valence electrons. The lowest BCUT2D eigenvalue weighted by molar-refractivity contribution is 1.07. The largest absolute Gasteiger partial charge is 0.276 e. The maximum absolute atomic E-state index is 8.64. The Hall–Kier alpha value is -2.63. The van der Waals surface area contributed by atoms with Gasteiger partial charge in [0.1, 0.15) is 12.1 Å². The van der Waals surface area contributed by atoms with E-state index in [0.29, 0.717) is 10.7 Å². The minimum atomic E-state index is -0.238. The highest BCUT2D eigenvalue weighted by molar-refractivity contribution is 6.36. The molecule has 2 aromatic rings. The number of nitriles is 2. The second-order valence-corrected chi connectivity index (χ2v) is 4.75. The summed E-state index contributed by atoms with van der Waals surface area (Å²) in [5.41, 5.74) is 5.81. The average Bonchev–Trinajstić information content (AvgIpc) is 2.49. The molecule has 0 saturated heterocycles. The van der Waals surface area contributed by atoms with Gasteiger partial charge < -0.3 is 0 Å². The maximum Gasteiger partial charge on any atom is 0.237 e. The fourth-order valence-electron chi connectivity index (χ4n) is 2.05. The van der Waals surface area contributed by atoms with Crippen LogP contribution in [-0.4, -0.2) is 10.7 Å². The van der Waals surface area contributed by atoms with Gasteiger partial charge in [-0.05, 0) is 37.1 Å². The van der Waals surface area contributed by atoms with Crippen molar-refractivity contribution in [3.63, 3.8) is 0 Å². The van der Waals surface area contributed by atoms with Gasteiger partial charge in [-0.3, -0.25) is 10.4 Å². The van der Waals surface area contributed by atoms with Crippen molar-refractivity contribution in [2.75, 3.05) is 5.43 Å². The molecule has 0 aliphatic heterocycles. The molecule has 0 aliphatic rings. The Morgan fingerprint density at radius 2 is 2.10 bits per heavy atom. The number of fused-ring (bicyclic) bond motifs is 1. The van der Waals surface area contributed by atoms with Crippen LogP contribution in [0.4, 0.5) is 5.69 Å².